The first kappa shape index (κ1) is 20.0. The van der Waals surface area contributed by atoms with Crippen molar-refractivity contribution in [1.29, 1.82) is 0 Å². The summed E-state index contributed by atoms with van der Waals surface area (Å²) in [6.45, 7) is 0.715. The maximum atomic E-state index is 12.6. The predicted octanol–water partition coefficient (Wildman–Crippen LogP) is 2.93. The van der Waals surface area contributed by atoms with E-state index in [9.17, 15) is 14.7 Å². The van der Waals surface area contributed by atoms with Gasteiger partial charge in [-0.1, -0.05) is 60.7 Å². The molecule has 2 N–H and O–H groups in total. The van der Waals surface area contributed by atoms with Crippen LogP contribution in [0.4, 0.5) is 0 Å². The minimum atomic E-state index is -0.936. The van der Waals surface area contributed by atoms with Gasteiger partial charge >= 0.3 is 5.97 Å². The number of ether oxygens (including phenoxy) is 2. The van der Waals surface area contributed by atoms with Crippen molar-refractivity contribution in [2.24, 2.45) is 0 Å². The zero-order valence-electron chi connectivity index (χ0n) is 15.7. The van der Waals surface area contributed by atoms with Crippen LogP contribution >= 0.6 is 0 Å². The van der Waals surface area contributed by atoms with Gasteiger partial charge in [0.2, 0.25) is 5.91 Å². The lowest BCUT2D eigenvalue weighted by molar-refractivity contribution is -0.141. The molecule has 1 aliphatic rings. The fourth-order valence-electron chi connectivity index (χ4n) is 3.53. The number of carboxylic acids is 1. The molecule has 2 aromatic rings. The SMILES string of the molecule is O=C(O)CC1(NC(=O)COC(c2ccccc2)c2ccccc2)CCOCC1. The molecule has 0 aromatic heterocycles. The predicted molar refractivity (Wildman–Crippen MR) is 104 cm³/mol. The molecule has 1 fully saturated rings. The monoisotopic (exact) mass is 383 g/mol. The number of nitrogens with one attached hydrogen (secondary N) is 1. The summed E-state index contributed by atoms with van der Waals surface area (Å²) in [5.74, 6) is -1.26. The van der Waals surface area contributed by atoms with Crippen LogP contribution in [-0.4, -0.2) is 42.3 Å². The van der Waals surface area contributed by atoms with Gasteiger partial charge in [-0.2, -0.15) is 0 Å². The Morgan fingerprint density at radius 2 is 1.54 bits per heavy atom. The molecular formula is C22H25NO5. The first-order valence-corrected chi connectivity index (χ1v) is 9.40. The van der Waals surface area contributed by atoms with Gasteiger partial charge in [-0.05, 0) is 24.0 Å². The molecule has 6 heteroatoms. The molecule has 1 heterocycles. The van der Waals surface area contributed by atoms with Gasteiger partial charge in [-0.15, -0.1) is 0 Å². The summed E-state index contributed by atoms with van der Waals surface area (Å²) in [6, 6.07) is 19.4. The van der Waals surface area contributed by atoms with Crippen molar-refractivity contribution < 1.29 is 24.2 Å². The molecule has 0 radical (unpaired) electrons. The van der Waals surface area contributed by atoms with Crippen LogP contribution < -0.4 is 5.32 Å². The van der Waals surface area contributed by atoms with Crippen LogP contribution in [-0.2, 0) is 19.1 Å². The van der Waals surface area contributed by atoms with Crippen molar-refractivity contribution in [3.63, 3.8) is 0 Å². The fraction of sp³-hybridized carbons (Fsp3) is 0.364. The van der Waals surface area contributed by atoms with Crippen molar-refractivity contribution in [3.05, 3.63) is 71.8 Å². The van der Waals surface area contributed by atoms with E-state index in [0.29, 0.717) is 26.1 Å². The van der Waals surface area contributed by atoms with Crippen molar-refractivity contribution >= 4 is 11.9 Å². The number of carbonyl (C=O) groups excluding carboxylic acids is 1. The van der Waals surface area contributed by atoms with E-state index >= 15 is 0 Å². The zero-order valence-corrected chi connectivity index (χ0v) is 15.7. The molecular weight excluding hydrogens is 358 g/mol. The minimum absolute atomic E-state index is 0.122. The number of benzene rings is 2. The van der Waals surface area contributed by atoms with E-state index in [2.05, 4.69) is 5.32 Å². The molecule has 1 amide bonds. The maximum absolute atomic E-state index is 12.6. The number of aliphatic carboxylic acids is 1. The Bertz CT molecular complexity index is 733. The minimum Gasteiger partial charge on any atom is -0.481 e. The van der Waals surface area contributed by atoms with E-state index < -0.39 is 11.5 Å². The van der Waals surface area contributed by atoms with E-state index in [4.69, 9.17) is 9.47 Å². The van der Waals surface area contributed by atoms with Crippen LogP contribution in [0.1, 0.15) is 36.5 Å². The Hall–Kier alpha value is -2.70. The highest BCUT2D eigenvalue weighted by molar-refractivity contribution is 5.79. The number of carbonyl (C=O) groups is 2. The normalized spacial score (nSPS) is 15.9. The molecule has 2 aromatic carbocycles. The second kappa shape index (κ2) is 9.48. The van der Waals surface area contributed by atoms with E-state index in [1.54, 1.807) is 0 Å². The lowest BCUT2D eigenvalue weighted by atomic mass is 9.86. The number of rotatable bonds is 8. The van der Waals surface area contributed by atoms with Crippen molar-refractivity contribution in [2.75, 3.05) is 19.8 Å². The summed E-state index contributed by atoms with van der Waals surface area (Å²) < 4.78 is 11.3. The zero-order chi connectivity index (χ0) is 19.8. The Kier molecular flexibility index (Phi) is 6.79. The highest BCUT2D eigenvalue weighted by Gasteiger charge is 2.36. The summed E-state index contributed by atoms with van der Waals surface area (Å²) in [4.78, 5) is 23.9. The van der Waals surface area contributed by atoms with Crippen molar-refractivity contribution in [2.45, 2.75) is 30.9 Å². The first-order valence-electron chi connectivity index (χ1n) is 9.40. The average molecular weight is 383 g/mol. The first-order chi connectivity index (χ1) is 13.6. The summed E-state index contributed by atoms with van der Waals surface area (Å²) in [7, 11) is 0. The number of carboxylic acid groups (broad SMARTS) is 1. The van der Waals surface area contributed by atoms with Crippen LogP contribution in [0.15, 0.2) is 60.7 Å². The second-order valence-electron chi connectivity index (χ2n) is 7.02. The van der Waals surface area contributed by atoms with Gasteiger partial charge in [0.25, 0.3) is 0 Å². The summed E-state index contributed by atoms with van der Waals surface area (Å²) in [5.41, 5.74) is 1.13. The van der Waals surface area contributed by atoms with Crippen LogP contribution in [0, 0.1) is 0 Å². The Balaban J connectivity index is 1.68. The quantitative estimate of drug-likeness (QED) is 0.732. The van der Waals surface area contributed by atoms with Crippen LogP contribution in [0.3, 0.4) is 0 Å². The van der Waals surface area contributed by atoms with Gasteiger partial charge < -0.3 is 19.9 Å². The Morgan fingerprint density at radius 3 is 2.04 bits per heavy atom. The smallest absolute Gasteiger partial charge is 0.305 e. The highest BCUT2D eigenvalue weighted by atomic mass is 16.5. The van der Waals surface area contributed by atoms with Gasteiger partial charge in [-0.3, -0.25) is 9.59 Å². The van der Waals surface area contributed by atoms with Gasteiger partial charge in [0, 0.05) is 13.2 Å². The Morgan fingerprint density at radius 1 is 1.00 bits per heavy atom. The molecule has 0 atom stereocenters. The molecule has 148 valence electrons. The van der Waals surface area contributed by atoms with Crippen LogP contribution in [0.2, 0.25) is 0 Å². The molecule has 28 heavy (non-hydrogen) atoms. The lowest BCUT2D eigenvalue weighted by Crippen LogP contribution is -2.54. The molecule has 1 saturated heterocycles. The summed E-state index contributed by atoms with van der Waals surface area (Å²) in [6.07, 6.45) is 0.457. The molecule has 0 unspecified atom stereocenters. The van der Waals surface area contributed by atoms with Gasteiger partial charge in [0.05, 0.1) is 12.0 Å². The third-order valence-electron chi connectivity index (χ3n) is 4.93. The molecule has 1 aliphatic heterocycles. The van der Waals surface area contributed by atoms with Gasteiger partial charge in [0.15, 0.2) is 0 Å². The van der Waals surface area contributed by atoms with Crippen LogP contribution in [0.25, 0.3) is 0 Å². The molecule has 0 aliphatic carbocycles. The summed E-state index contributed by atoms with van der Waals surface area (Å²) in [5, 5.41) is 12.1. The van der Waals surface area contributed by atoms with Gasteiger partial charge in [-0.25, -0.2) is 0 Å². The number of hydrogen-bond acceptors (Lipinski definition) is 4. The average Bonchev–Trinajstić information content (AvgIpc) is 2.70. The second-order valence-corrected chi connectivity index (χ2v) is 7.02. The number of amides is 1. The van der Waals surface area contributed by atoms with E-state index in [1.807, 2.05) is 60.7 Å². The van der Waals surface area contributed by atoms with Crippen molar-refractivity contribution in [1.82, 2.24) is 5.32 Å². The standard InChI is InChI=1S/C22H25NO5/c24-19(23-22(15-20(25)26)11-13-27-14-12-22)16-28-21(17-7-3-1-4-8-17)18-9-5-2-6-10-18/h1-10,21H,11-16H2,(H,23,24)(H,25,26). The third kappa shape index (κ3) is 5.41. The third-order valence-corrected chi connectivity index (χ3v) is 4.93. The fourth-order valence-corrected chi connectivity index (χ4v) is 3.53. The largest absolute Gasteiger partial charge is 0.481 e. The van der Waals surface area contributed by atoms with E-state index in [-0.39, 0.29) is 25.0 Å². The molecule has 3 rings (SSSR count). The Labute approximate surface area is 164 Å². The van der Waals surface area contributed by atoms with E-state index in [1.165, 1.54) is 0 Å². The number of hydrogen-bond donors (Lipinski definition) is 2. The van der Waals surface area contributed by atoms with Crippen molar-refractivity contribution in [3.8, 4) is 0 Å². The maximum Gasteiger partial charge on any atom is 0.305 e. The molecule has 0 bridgehead atoms. The van der Waals surface area contributed by atoms with E-state index in [0.717, 1.165) is 11.1 Å². The highest BCUT2D eigenvalue weighted by Crippen LogP contribution is 2.27. The summed E-state index contributed by atoms with van der Waals surface area (Å²) >= 11 is 0. The van der Waals surface area contributed by atoms with Gasteiger partial charge in [0.1, 0.15) is 12.7 Å². The molecule has 0 spiro atoms. The molecule has 0 saturated carbocycles. The van der Waals surface area contributed by atoms with Crippen LogP contribution in [0.5, 0.6) is 0 Å². The lowest BCUT2D eigenvalue weighted by Gasteiger charge is -2.37. The topological polar surface area (TPSA) is 84.9 Å². The molecule has 6 nitrogen and oxygen atoms in total.